The van der Waals surface area contributed by atoms with Crippen molar-refractivity contribution in [3.8, 4) is 11.3 Å². The number of carbonyl (C=O) groups excluding carboxylic acids is 1. The highest BCUT2D eigenvalue weighted by molar-refractivity contribution is 8.01. The van der Waals surface area contributed by atoms with Gasteiger partial charge in [0, 0.05) is 5.56 Å². The molecule has 0 radical (unpaired) electrons. The molecule has 128 valence electrons. The summed E-state index contributed by atoms with van der Waals surface area (Å²) >= 11 is 2.57. The maximum atomic E-state index is 13.0. The SMILES string of the molecule is Nc1sc(SCC(=O)OCc2ccccc2)nc1-c1ccc(F)cc1. The highest BCUT2D eigenvalue weighted by Gasteiger charge is 2.13. The lowest BCUT2D eigenvalue weighted by Crippen LogP contribution is -2.07. The normalized spacial score (nSPS) is 10.6. The lowest BCUT2D eigenvalue weighted by atomic mass is 10.2. The van der Waals surface area contributed by atoms with Gasteiger partial charge in [-0.15, -0.1) is 0 Å². The first-order chi connectivity index (χ1) is 12.1. The van der Waals surface area contributed by atoms with Gasteiger partial charge in [-0.25, -0.2) is 9.37 Å². The van der Waals surface area contributed by atoms with Gasteiger partial charge >= 0.3 is 5.97 Å². The van der Waals surface area contributed by atoms with Crippen molar-refractivity contribution in [2.24, 2.45) is 0 Å². The van der Waals surface area contributed by atoms with Crippen LogP contribution in [0.1, 0.15) is 5.56 Å². The van der Waals surface area contributed by atoms with Gasteiger partial charge in [0.25, 0.3) is 0 Å². The van der Waals surface area contributed by atoms with E-state index in [2.05, 4.69) is 4.98 Å². The van der Waals surface area contributed by atoms with E-state index >= 15 is 0 Å². The number of thioether (sulfide) groups is 1. The number of thiazole rings is 1. The van der Waals surface area contributed by atoms with E-state index in [0.29, 0.717) is 15.0 Å². The van der Waals surface area contributed by atoms with Crippen molar-refractivity contribution in [3.63, 3.8) is 0 Å². The number of ether oxygens (including phenoxy) is 1. The molecule has 0 aliphatic heterocycles. The second-order valence-electron chi connectivity index (χ2n) is 5.13. The van der Waals surface area contributed by atoms with E-state index in [0.717, 1.165) is 11.1 Å². The molecule has 4 nitrogen and oxygen atoms in total. The number of aromatic nitrogens is 1. The van der Waals surface area contributed by atoms with Gasteiger partial charge in [-0.1, -0.05) is 53.4 Å². The fourth-order valence-corrected chi connectivity index (χ4v) is 3.84. The van der Waals surface area contributed by atoms with Crippen LogP contribution in [0.5, 0.6) is 0 Å². The Kier molecular flexibility index (Phi) is 5.67. The lowest BCUT2D eigenvalue weighted by molar-refractivity contribution is -0.141. The predicted octanol–water partition coefficient (Wildman–Crippen LogP) is 4.37. The van der Waals surface area contributed by atoms with Crippen molar-refractivity contribution in [2.45, 2.75) is 10.9 Å². The van der Waals surface area contributed by atoms with Gasteiger partial charge in [-0.2, -0.15) is 0 Å². The molecule has 0 unspecified atom stereocenters. The lowest BCUT2D eigenvalue weighted by Gasteiger charge is -2.03. The van der Waals surface area contributed by atoms with Crippen LogP contribution in [0.15, 0.2) is 58.9 Å². The summed E-state index contributed by atoms with van der Waals surface area (Å²) in [6, 6.07) is 15.5. The molecule has 3 rings (SSSR count). The molecule has 25 heavy (non-hydrogen) atoms. The molecule has 0 aliphatic rings. The topological polar surface area (TPSA) is 65.2 Å². The first-order valence-corrected chi connectivity index (χ1v) is 9.26. The van der Waals surface area contributed by atoms with Crippen LogP contribution in [0, 0.1) is 5.82 Å². The predicted molar refractivity (Wildman–Crippen MR) is 98.9 cm³/mol. The molecular weight excluding hydrogens is 359 g/mol. The smallest absolute Gasteiger partial charge is 0.316 e. The third kappa shape index (κ3) is 4.80. The fraction of sp³-hybridized carbons (Fsp3) is 0.111. The van der Waals surface area contributed by atoms with E-state index in [1.165, 1.54) is 35.2 Å². The van der Waals surface area contributed by atoms with Crippen LogP contribution in [-0.2, 0) is 16.1 Å². The summed E-state index contributed by atoms with van der Waals surface area (Å²) in [4.78, 5) is 16.3. The summed E-state index contributed by atoms with van der Waals surface area (Å²) in [5, 5.41) is 0.534. The summed E-state index contributed by atoms with van der Waals surface area (Å²) in [7, 11) is 0. The van der Waals surface area contributed by atoms with Gasteiger partial charge in [0.05, 0.1) is 5.75 Å². The third-order valence-corrected chi connectivity index (χ3v) is 5.31. The Morgan fingerprint density at radius 3 is 2.60 bits per heavy atom. The zero-order valence-electron chi connectivity index (χ0n) is 13.1. The second-order valence-corrected chi connectivity index (χ2v) is 7.39. The van der Waals surface area contributed by atoms with Crippen LogP contribution in [0.3, 0.4) is 0 Å². The molecule has 0 aliphatic carbocycles. The van der Waals surface area contributed by atoms with Crippen LogP contribution in [0.4, 0.5) is 9.39 Å². The molecule has 1 heterocycles. The number of anilines is 1. The van der Waals surface area contributed by atoms with Crippen LogP contribution >= 0.6 is 23.1 Å². The Morgan fingerprint density at radius 2 is 1.88 bits per heavy atom. The molecule has 2 N–H and O–H groups in total. The van der Waals surface area contributed by atoms with Gasteiger partial charge in [-0.05, 0) is 29.8 Å². The summed E-state index contributed by atoms with van der Waals surface area (Å²) in [5.74, 6) is -0.470. The van der Waals surface area contributed by atoms with E-state index in [1.54, 1.807) is 12.1 Å². The Balaban J connectivity index is 1.56. The number of hydrogen-bond donors (Lipinski definition) is 1. The van der Waals surface area contributed by atoms with Gasteiger partial charge in [0.15, 0.2) is 4.34 Å². The van der Waals surface area contributed by atoms with Crippen LogP contribution in [0.2, 0.25) is 0 Å². The Labute approximate surface area is 152 Å². The monoisotopic (exact) mass is 374 g/mol. The van der Waals surface area contributed by atoms with Crippen molar-refractivity contribution in [3.05, 3.63) is 66.0 Å². The molecule has 0 spiro atoms. The summed E-state index contributed by atoms with van der Waals surface area (Å²) < 4.78 is 18.9. The maximum absolute atomic E-state index is 13.0. The molecule has 0 atom stereocenters. The van der Waals surface area contributed by atoms with Crippen LogP contribution < -0.4 is 5.73 Å². The molecular formula is C18H15FN2O2S2. The number of nitrogens with two attached hydrogens (primary N) is 1. The molecule has 7 heteroatoms. The van der Waals surface area contributed by atoms with Gasteiger partial charge < -0.3 is 10.5 Å². The Hall–Kier alpha value is -2.38. The minimum atomic E-state index is -0.314. The maximum Gasteiger partial charge on any atom is 0.316 e. The number of esters is 1. The molecule has 0 bridgehead atoms. The zero-order chi connectivity index (χ0) is 17.6. The minimum Gasteiger partial charge on any atom is -0.460 e. The quantitative estimate of drug-likeness (QED) is 0.513. The van der Waals surface area contributed by atoms with E-state index in [1.807, 2.05) is 30.3 Å². The van der Waals surface area contributed by atoms with Crippen LogP contribution in [0.25, 0.3) is 11.3 Å². The van der Waals surface area contributed by atoms with Crippen molar-refractivity contribution in [1.82, 2.24) is 4.98 Å². The van der Waals surface area contributed by atoms with Gasteiger partial charge in [0.1, 0.15) is 23.1 Å². The molecule has 0 fully saturated rings. The number of benzene rings is 2. The number of hydrogen-bond acceptors (Lipinski definition) is 6. The van der Waals surface area contributed by atoms with Crippen molar-refractivity contribution >= 4 is 34.1 Å². The number of carbonyl (C=O) groups is 1. The largest absolute Gasteiger partial charge is 0.460 e. The zero-order valence-corrected chi connectivity index (χ0v) is 14.8. The Bertz CT molecular complexity index is 851. The minimum absolute atomic E-state index is 0.155. The summed E-state index contributed by atoms with van der Waals surface area (Å²) in [6.07, 6.45) is 0. The second kappa shape index (κ2) is 8.13. The van der Waals surface area contributed by atoms with E-state index in [9.17, 15) is 9.18 Å². The third-order valence-electron chi connectivity index (χ3n) is 3.31. The van der Waals surface area contributed by atoms with E-state index in [4.69, 9.17) is 10.5 Å². The average Bonchev–Trinajstić information content (AvgIpc) is 3.00. The number of rotatable bonds is 6. The van der Waals surface area contributed by atoms with Gasteiger partial charge in [0.2, 0.25) is 0 Å². The number of halogens is 1. The molecule has 0 saturated carbocycles. The molecule has 0 amide bonds. The molecule has 1 aromatic heterocycles. The number of nitrogen functional groups attached to an aromatic ring is 1. The first-order valence-electron chi connectivity index (χ1n) is 7.46. The number of nitrogens with zero attached hydrogens (tertiary/aromatic N) is 1. The van der Waals surface area contributed by atoms with Crippen LogP contribution in [-0.4, -0.2) is 16.7 Å². The van der Waals surface area contributed by atoms with Crippen molar-refractivity contribution < 1.29 is 13.9 Å². The highest BCUT2D eigenvalue weighted by atomic mass is 32.2. The molecule has 3 aromatic rings. The summed E-state index contributed by atoms with van der Waals surface area (Å²) in [6.45, 7) is 0.251. The molecule has 2 aromatic carbocycles. The van der Waals surface area contributed by atoms with E-state index in [-0.39, 0.29) is 24.1 Å². The molecule has 0 saturated heterocycles. The van der Waals surface area contributed by atoms with E-state index < -0.39 is 0 Å². The standard InChI is InChI=1S/C18H15FN2O2S2/c19-14-8-6-13(7-9-14)16-17(20)25-18(21-16)24-11-15(22)23-10-12-4-2-1-3-5-12/h1-9H,10-11,20H2. The highest BCUT2D eigenvalue weighted by Crippen LogP contribution is 2.35. The van der Waals surface area contributed by atoms with Crippen molar-refractivity contribution in [2.75, 3.05) is 11.5 Å². The first kappa shape index (κ1) is 17.4. The average molecular weight is 374 g/mol. The van der Waals surface area contributed by atoms with Gasteiger partial charge in [-0.3, -0.25) is 4.79 Å². The Morgan fingerprint density at radius 1 is 1.16 bits per heavy atom. The fourth-order valence-electron chi connectivity index (χ4n) is 2.09. The summed E-state index contributed by atoms with van der Waals surface area (Å²) in [5.41, 5.74) is 8.27. The van der Waals surface area contributed by atoms with Crippen molar-refractivity contribution in [1.29, 1.82) is 0 Å².